The first-order valence-corrected chi connectivity index (χ1v) is 2.81. The summed E-state index contributed by atoms with van der Waals surface area (Å²) in [5.74, 6) is 4.61. The van der Waals surface area contributed by atoms with Gasteiger partial charge in [-0.05, 0) is 0 Å². The number of rotatable bonds is 1. The summed E-state index contributed by atoms with van der Waals surface area (Å²) < 4.78 is 0. The molecule has 1 amide bonds. The third-order valence-corrected chi connectivity index (χ3v) is 1.11. The summed E-state index contributed by atoms with van der Waals surface area (Å²) in [5, 5.41) is 0. The van der Waals surface area contributed by atoms with E-state index in [-0.39, 0.29) is 34.4 Å². The Bertz CT molecular complexity index is 226. The van der Waals surface area contributed by atoms with Gasteiger partial charge in [0.05, 0.1) is 0 Å². The molecule has 0 aromatic heterocycles. The zero-order valence-electron chi connectivity index (χ0n) is 6.70. The molecule has 0 saturated heterocycles. The molecule has 0 saturated carbocycles. The quantitative estimate of drug-likeness (QED) is 0.341. The van der Waals surface area contributed by atoms with Gasteiger partial charge in [0, 0.05) is 0 Å². The van der Waals surface area contributed by atoms with Crippen molar-refractivity contribution in [3.63, 3.8) is 0 Å². The molecule has 1 aromatic rings. The number of amides is 1. The van der Waals surface area contributed by atoms with Gasteiger partial charge in [-0.3, -0.25) is 10.2 Å². The van der Waals surface area contributed by atoms with E-state index >= 15 is 0 Å². The van der Waals surface area contributed by atoms with Crippen LogP contribution in [0.15, 0.2) is 24.3 Å². The Labute approximate surface area is 86.6 Å². The third-order valence-electron chi connectivity index (χ3n) is 1.11. The number of carbonyl (C=O) groups is 1. The van der Waals surface area contributed by atoms with Crippen molar-refractivity contribution in [3.05, 3.63) is 43.3 Å². The molecule has 0 unspecified atom stereocenters. The average Bonchev–Trinajstić information content (AvgIpc) is 2.05. The van der Waals surface area contributed by atoms with Gasteiger partial charge < -0.3 is 7.43 Å². The molecule has 0 spiro atoms. The van der Waals surface area contributed by atoms with Crippen LogP contribution < -0.4 is 11.3 Å². The van der Waals surface area contributed by atoms with Gasteiger partial charge >= 0.3 is 21.1 Å². The van der Waals surface area contributed by atoms with E-state index in [1.54, 1.807) is 24.3 Å². The van der Waals surface area contributed by atoms with E-state index in [9.17, 15) is 4.79 Å². The molecule has 0 fully saturated rings. The van der Waals surface area contributed by atoms with Crippen LogP contribution in [0.5, 0.6) is 0 Å². The summed E-state index contributed by atoms with van der Waals surface area (Å²) in [6.45, 7) is 0. The van der Waals surface area contributed by atoms with Crippen LogP contribution in [0.2, 0.25) is 0 Å². The Kier molecular flexibility index (Phi) is 8.12. The molecule has 4 heteroatoms. The van der Waals surface area contributed by atoms with Gasteiger partial charge in [0.25, 0.3) is 0 Å². The van der Waals surface area contributed by atoms with Crippen LogP contribution in [-0.4, -0.2) is 5.91 Å². The molecule has 64 valence electrons. The maximum Gasteiger partial charge on any atom is 2.00 e. The van der Waals surface area contributed by atoms with Gasteiger partial charge in [-0.15, -0.1) is 0 Å². The Hall–Kier alpha value is -0.662. The number of carbonyl (C=O) groups excluding carboxylic acids is 1. The molecule has 3 N–H and O–H groups in total. The minimum atomic E-state index is -0.283. The van der Waals surface area contributed by atoms with E-state index in [4.69, 9.17) is 5.84 Å². The molecule has 0 atom stereocenters. The Morgan fingerprint density at radius 1 is 1.42 bits per heavy atom. The third kappa shape index (κ3) is 3.65. The van der Waals surface area contributed by atoms with Gasteiger partial charge in [-0.2, -0.15) is 30.3 Å². The normalized spacial score (nSPS) is 7.42. The largest absolute Gasteiger partial charge is 2.00 e. The molecule has 3 nitrogen and oxygen atoms in total. The zero-order valence-corrected chi connectivity index (χ0v) is 9.64. The van der Waals surface area contributed by atoms with E-state index in [0.717, 1.165) is 0 Å². The van der Waals surface area contributed by atoms with Crippen molar-refractivity contribution in [2.75, 3.05) is 0 Å². The fraction of sp³-hybridized carbons (Fsp3) is 0. The standard InChI is InChI=1S/C7H7N2O.CH3.W/c8-9-7(10)6-4-2-1-3-5-6;;/h2-5H,8H2,(H,9,10);1H3;/q2*-1;+2. The van der Waals surface area contributed by atoms with Crippen molar-refractivity contribution in [3.8, 4) is 0 Å². The molecule has 0 heterocycles. The fourth-order valence-corrected chi connectivity index (χ4v) is 0.622. The maximum atomic E-state index is 10.8. The second-order valence-corrected chi connectivity index (χ2v) is 1.76. The topological polar surface area (TPSA) is 55.1 Å². The minimum Gasteiger partial charge on any atom is -0.358 e. The van der Waals surface area contributed by atoms with Crippen molar-refractivity contribution in [1.82, 2.24) is 5.43 Å². The van der Waals surface area contributed by atoms with Gasteiger partial charge in [0.15, 0.2) is 0 Å². The van der Waals surface area contributed by atoms with Gasteiger partial charge in [0.1, 0.15) is 0 Å². The Balaban J connectivity index is 0. The summed E-state index contributed by atoms with van der Waals surface area (Å²) in [5.41, 5.74) is 2.57. The molecule has 12 heavy (non-hydrogen) atoms. The van der Waals surface area contributed by atoms with Crippen molar-refractivity contribution in [1.29, 1.82) is 0 Å². The Morgan fingerprint density at radius 3 is 2.33 bits per heavy atom. The first-order chi connectivity index (χ1) is 4.84. The second-order valence-electron chi connectivity index (χ2n) is 1.76. The summed E-state index contributed by atoms with van der Waals surface area (Å²) in [6.07, 6.45) is 0. The molecule has 0 aliphatic carbocycles. The molecule has 1 rings (SSSR count). The summed E-state index contributed by atoms with van der Waals surface area (Å²) in [7, 11) is 0. The number of benzene rings is 1. The van der Waals surface area contributed by atoms with Crippen molar-refractivity contribution in [2.45, 2.75) is 0 Å². The van der Waals surface area contributed by atoms with Crippen LogP contribution in [0.25, 0.3) is 0 Å². The van der Waals surface area contributed by atoms with E-state index in [2.05, 4.69) is 6.07 Å². The number of hydrazine groups is 1. The molecular formula is C8H10N2OW. The smallest absolute Gasteiger partial charge is 0.358 e. The predicted octanol–water partition coefficient (Wildman–Crippen LogP) is 0.538. The molecule has 0 aliphatic heterocycles. The first-order valence-electron chi connectivity index (χ1n) is 2.81. The van der Waals surface area contributed by atoms with Crippen molar-refractivity contribution in [2.24, 2.45) is 5.84 Å². The minimum absolute atomic E-state index is 0. The van der Waals surface area contributed by atoms with Crippen molar-refractivity contribution < 1.29 is 25.9 Å². The van der Waals surface area contributed by atoms with E-state index in [1.807, 2.05) is 5.43 Å². The Morgan fingerprint density at radius 2 is 1.92 bits per heavy atom. The summed E-state index contributed by atoms with van der Waals surface area (Å²) in [6, 6.07) is 9.39. The number of hydrogen-bond donors (Lipinski definition) is 2. The van der Waals surface area contributed by atoms with Crippen LogP contribution in [0, 0.1) is 13.5 Å². The van der Waals surface area contributed by atoms with Gasteiger partial charge in [-0.1, -0.05) is 5.56 Å². The van der Waals surface area contributed by atoms with Gasteiger partial charge in [0.2, 0.25) is 5.91 Å². The fourth-order valence-electron chi connectivity index (χ4n) is 0.622. The monoisotopic (exact) mass is 334 g/mol. The van der Waals surface area contributed by atoms with Crippen LogP contribution in [0.3, 0.4) is 0 Å². The SMILES string of the molecule is NNC(=O)c1cc[c-]cc1.[CH3-].[W+2]. The zero-order chi connectivity index (χ0) is 7.40. The second kappa shape index (κ2) is 7.01. The van der Waals surface area contributed by atoms with Crippen LogP contribution in [-0.2, 0) is 21.1 Å². The van der Waals surface area contributed by atoms with Gasteiger partial charge in [-0.25, -0.2) is 5.84 Å². The van der Waals surface area contributed by atoms with Crippen LogP contribution in [0.4, 0.5) is 0 Å². The average molecular weight is 334 g/mol. The number of nitrogens with one attached hydrogen (secondary N) is 1. The number of nitrogen functional groups attached to an aromatic ring is 1. The molecule has 0 radical (unpaired) electrons. The number of nitrogens with two attached hydrogens (primary N) is 1. The van der Waals surface area contributed by atoms with Crippen LogP contribution >= 0.6 is 0 Å². The van der Waals surface area contributed by atoms with Crippen molar-refractivity contribution >= 4 is 5.91 Å². The molecule has 1 aromatic carbocycles. The maximum absolute atomic E-state index is 10.8. The summed E-state index contributed by atoms with van der Waals surface area (Å²) >= 11 is 0. The molecule has 0 bridgehead atoms. The first kappa shape index (κ1) is 13.9. The van der Waals surface area contributed by atoms with E-state index in [1.165, 1.54) is 0 Å². The predicted molar refractivity (Wildman–Crippen MR) is 43.3 cm³/mol. The van der Waals surface area contributed by atoms with Crippen LogP contribution in [0.1, 0.15) is 10.4 Å². The van der Waals surface area contributed by atoms with E-state index < -0.39 is 0 Å². The number of hydrogen-bond acceptors (Lipinski definition) is 2. The van der Waals surface area contributed by atoms with E-state index in [0.29, 0.717) is 5.56 Å². The molecule has 0 aliphatic rings. The molecular weight excluding hydrogens is 324 g/mol. The summed E-state index contributed by atoms with van der Waals surface area (Å²) in [4.78, 5) is 10.8.